The zero-order valence-corrected chi connectivity index (χ0v) is 16.3. The van der Waals surface area contributed by atoms with Gasteiger partial charge < -0.3 is 14.5 Å². The summed E-state index contributed by atoms with van der Waals surface area (Å²) < 4.78 is 11.6. The molecule has 1 amide bonds. The number of anilines is 1. The molecule has 0 radical (unpaired) electrons. The van der Waals surface area contributed by atoms with Crippen LogP contribution >= 0.6 is 0 Å². The van der Waals surface area contributed by atoms with Gasteiger partial charge in [-0.1, -0.05) is 0 Å². The van der Waals surface area contributed by atoms with E-state index in [-0.39, 0.29) is 5.91 Å². The number of benzene rings is 1. The van der Waals surface area contributed by atoms with E-state index < -0.39 is 0 Å². The normalized spacial score (nSPS) is 11.7. The van der Waals surface area contributed by atoms with Gasteiger partial charge >= 0.3 is 0 Å². The van der Waals surface area contributed by atoms with Crippen LogP contribution in [0.4, 0.5) is 5.82 Å². The first-order valence-corrected chi connectivity index (χ1v) is 8.98. The second kappa shape index (κ2) is 7.66. The maximum Gasteiger partial charge on any atom is 0.249 e. The van der Waals surface area contributed by atoms with E-state index in [1.54, 1.807) is 12.3 Å². The average Bonchev–Trinajstić information content (AvgIpc) is 2.88. The summed E-state index contributed by atoms with van der Waals surface area (Å²) in [5, 5.41) is 3.83. The third kappa shape index (κ3) is 4.03. The fourth-order valence-electron chi connectivity index (χ4n) is 2.99. The maximum absolute atomic E-state index is 12.4. The number of amides is 1. The molecule has 2 aromatic heterocycles. The van der Waals surface area contributed by atoms with Crippen molar-refractivity contribution >= 4 is 28.3 Å². The van der Waals surface area contributed by atoms with Crippen LogP contribution in [0, 0.1) is 20.8 Å². The van der Waals surface area contributed by atoms with Gasteiger partial charge in [-0.25, -0.2) is 4.98 Å². The highest BCUT2D eigenvalue weighted by molar-refractivity contribution is 6.04. The van der Waals surface area contributed by atoms with Crippen LogP contribution in [-0.2, 0) is 4.79 Å². The monoisotopic (exact) mass is 364 g/mol. The van der Waals surface area contributed by atoms with Gasteiger partial charge in [-0.3, -0.25) is 4.79 Å². The number of carbonyl (C=O) groups excluding carboxylic acids is 1. The Bertz CT molecular complexity index is 1030. The Labute approximate surface area is 159 Å². The van der Waals surface area contributed by atoms with E-state index >= 15 is 0 Å². The highest BCUT2D eigenvalue weighted by atomic mass is 16.5. The summed E-state index contributed by atoms with van der Waals surface area (Å²) >= 11 is 0. The SMILES string of the molecule is CCOc1cc2oc(C)c(C)c2cc1/C(C)=C/C(=O)Nc1cc(C)ccn1. The molecule has 0 spiro atoms. The molecule has 27 heavy (non-hydrogen) atoms. The first-order chi connectivity index (χ1) is 12.9. The van der Waals surface area contributed by atoms with Gasteiger partial charge in [0.1, 0.15) is 22.9 Å². The van der Waals surface area contributed by atoms with Gasteiger partial charge in [0.25, 0.3) is 0 Å². The predicted octanol–water partition coefficient (Wildman–Crippen LogP) is 5.19. The molecule has 0 saturated carbocycles. The van der Waals surface area contributed by atoms with Crippen LogP contribution in [0.3, 0.4) is 0 Å². The Balaban J connectivity index is 1.96. The molecule has 0 unspecified atom stereocenters. The van der Waals surface area contributed by atoms with E-state index in [9.17, 15) is 4.79 Å². The number of pyridine rings is 1. The summed E-state index contributed by atoms with van der Waals surface area (Å²) in [5.41, 5.74) is 4.61. The molecule has 0 fully saturated rings. The quantitative estimate of drug-likeness (QED) is 0.633. The Morgan fingerprint density at radius 2 is 2.04 bits per heavy atom. The zero-order valence-electron chi connectivity index (χ0n) is 16.3. The van der Waals surface area contributed by atoms with Crippen LogP contribution < -0.4 is 10.1 Å². The second-order valence-corrected chi connectivity index (χ2v) is 6.60. The summed E-state index contributed by atoms with van der Waals surface area (Å²) in [5.74, 6) is 1.89. The lowest BCUT2D eigenvalue weighted by Gasteiger charge is -2.11. The van der Waals surface area contributed by atoms with Gasteiger partial charge in [0.2, 0.25) is 5.91 Å². The summed E-state index contributed by atoms with van der Waals surface area (Å²) in [6.07, 6.45) is 3.24. The van der Waals surface area contributed by atoms with Crippen LogP contribution in [0.1, 0.15) is 36.3 Å². The van der Waals surface area contributed by atoms with E-state index in [2.05, 4.69) is 10.3 Å². The van der Waals surface area contributed by atoms with E-state index in [1.807, 2.05) is 58.9 Å². The van der Waals surface area contributed by atoms with E-state index in [4.69, 9.17) is 9.15 Å². The summed E-state index contributed by atoms with van der Waals surface area (Å²) in [6.45, 7) is 10.3. The van der Waals surface area contributed by atoms with Crippen LogP contribution in [0.15, 0.2) is 41.0 Å². The maximum atomic E-state index is 12.4. The van der Waals surface area contributed by atoms with Crippen molar-refractivity contribution in [2.45, 2.75) is 34.6 Å². The Kier molecular flexibility index (Phi) is 5.31. The van der Waals surface area contributed by atoms with Gasteiger partial charge in [0, 0.05) is 29.3 Å². The molecule has 2 heterocycles. The van der Waals surface area contributed by atoms with E-state index in [0.717, 1.165) is 39.0 Å². The average molecular weight is 364 g/mol. The number of carbonyl (C=O) groups is 1. The number of hydrogen-bond donors (Lipinski definition) is 1. The van der Waals surface area contributed by atoms with Crippen molar-refractivity contribution in [2.75, 3.05) is 11.9 Å². The largest absolute Gasteiger partial charge is 0.493 e. The lowest BCUT2D eigenvalue weighted by atomic mass is 10.0. The minimum Gasteiger partial charge on any atom is -0.493 e. The number of nitrogens with zero attached hydrogens (tertiary/aromatic N) is 1. The van der Waals surface area contributed by atoms with Gasteiger partial charge in [0.15, 0.2) is 0 Å². The summed E-state index contributed by atoms with van der Waals surface area (Å²) in [4.78, 5) is 16.6. The number of allylic oxidation sites excluding steroid dienone is 1. The lowest BCUT2D eigenvalue weighted by molar-refractivity contribution is -0.111. The summed E-state index contributed by atoms with van der Waals surface area (Å²) in [7, 11) is 0. The molecular formula is C22H24N2O3. The number of hydrogen-bond acceptors (Lipinski definition) is 4. The number of nitrogens with one attached hydrogen (secondary N) is 1. The van der Waals surface area contributed by atoms with Crippen molar-refractivity contribution in [2.24, 2.45) is 0 Å². The topological polar surface area (TPSA) is 64.4 Å². The number of aromatic nitrogens is 1. The molecule has 0 aliphatic heterocycles. The molecule has 5 heteroatoms. The molecule has 0 aliphatic carbocycles. The van der Waals surface area contributed by atoms with Gasteiger partial charge in [0.05, 0.1) is 6.61 Å². The molecule has 0 bridgehead atoms. The molecule has 1 N–H and O–H groups in total. The van der Waals surface area contributed by atoms with Gasteiger partial charge in [-0.2, -0.15) is 0 Å². The van der Waals surface area contributed by atoms with Crippen molar-refractivity contribution < 1.29 is 13.9 Å². The van der Waals surface area contributed by atoms with Gasteiger partial charge in [-0.05, 0) is 69.5 Å². The molecule has 0 aliphatic rings. The summed E-state index contributed by atoms with van der Waals surface area (Å²) in [6, 6.07) is 7.63. The highest BCUT2D eigenvalue weighted by Crippen LogP contribution is 2.35. The minimum absolute atomic E-state index is 0.228. The number of rotatable bonds is 5. The second-order valence-electron chi connectivity index (χ2n) is 6.60. The van der Waals surface area contributed by atoms with E-state index in [1.165, 1.54) is 0 Å². The highest BCUT2D eigenvalue weighted by Gasteiger charge is 2.14. The third-order valence-corrected chi connectivity index (χ3v) is 4.52. The number of aryl methyl sites for hydroxylation is 3. The molecule has 140 valence electrons. The van der Waals surface area contributed by atoms with Crippen molar-refractivity contribution in [1.82, 2.24) is 4.98 Å². The molecular weight excluding hydrogens is 340 g/mol. The fraction of sp³-hybridized carbons (Fsp3) is 0.273. The first kappa shape index (κ1) is 18.7. The van der Waals surface area contributed by atoms with Gasteiger partial charge in [-0.15, -0.1) is 0 Å². The van der Waals surface area contributed by atoms with Crippen molar-refractivity contribution in [3.8, 4) is 5.75 Å². The van der Waals surface area contributed by atoms with Crippen molar-refractivity contribution in [3.63, 3.8) is 0 Å². The molecule has 3 rings (SSSR count). The predicted molar refractivity (Wildman–Crippen MR) is 108 cm³/mol. The Hall–Kier alpha value is -3.08. The molecule has 0 atom stereocenters. The molecule has 1 aromatic carbocycles. The third-order valence-electron chi connectivity index (χ3n) is 4.52. The van der Waals surface area contributed by atoms with Crippen molar-refractivity contribution in [1.29, 1.82) is 0 Å². The smallest absolute Gasteiger partial charge is 0.249 e. The lowest BCUT2D eigenvalue weighted by Crippen LogP contribution is -2.10. The van der Waals surface area contributed by atoms with Crippen molar-refractivity contribution in [3.05, 3.63) is 59.0 Å². The first-order valence-electron chi connectivity index (χ1n) is 8.98. The molecule has 3 aromatic rings. The number of furan rings is 1. The zero-order chi connectivity index (χ0) is 19.6. The standard InChI is InChI=1S/C22H24N2O3/c1-6-26-19-12-20-18(15(4)16(5)27-20)11-17(19)14(3)10-22(25)24-21-9-13(2)7-8-23-21/h7-12H,6H2,1-5H3,(H,23,24,25)/b14-10+. The molecule has 0 saturated heterocycles. The molecule has 5 nitrogen and oxygen atoms in total. The Morgan fingerprint density at radius 3 is 2.74 bits per heavy atom. The fourth-order valence-corrected chi connectivity index (χ4v) is 2.99. The van der Waals surface area contributed by atoms with Crippen LogP contribution in [0.2, 0.25) is 0 Å². The number of fused-ring (bicyclic) bond motifs is 1. The van der Waals surface area contributed by atoms with Crippen LogP contribution in [0.25, 0.3) is 16.5 Å². The minimum atomic E-state index is -0.228. The van der Waals surface area contributed by atoms with E-state index in [0.29, 0.717) is 18.2 Å². The van der Waals surface area contributed by atoms with Crippen LogP contribution in [-0.4, -0.2) is 17.5 Å². The van der Waals surface area contributed by atoms with Crippen LogP contribution in [0.5, 0.6) is 5.75 Å². The Morgan fingerprint density at radius 1 is 1.26 bits per heavy atom. The number of ether oxygens (including phenoxy) is 1.